The van der Waals surface area contributed by atoms with Crippen molar-refractivity contribution < 1.29 is 0 Å². The van der Waals surface area contributed by atoms with E-state index in [9.17, 15) is 0 Å². The number of nitrogens with one attached hydrogen (secondary N) is 4. The first-order valence-corrected chi connectivity index (χ1v) is 14.2. The van der Waals surface area contributed by atoms with Gasteiger partial charge in [-0.15, -0.1) is 0 Å². The summed E-state index contributed by atoms with van der Waals surface area (Å²) in [7, 11) is 0. The molecule has 0 spiro atoms. The van der Waals surface area contributed by atoms with Gasteiger partial charge in [0.2, 0.25) is 0 Å². The summed E-state index contributed by atoms with van der Waals surface area (Å²) in [6.45, 7) is 5.22. The first kappa shape index (κ1) is 23.7. The first-order chi connectivity index (χ1) is 16.2. The molecule has 0 aromatic carbocycles. The molecule has 0 amide bonds. The smallest absolute Gasteiger partial charge is 0.0548 e. The molecule has 2 bridgehead atoms. The normalized spacial score (nSPS) is 35.0. The molecule has 4 aliphatic rings. The summed E-state index contributed by atoms with van der Waals surface area (Å²) in [5.41, 5.74) is 4.05. The Bertz CT molecular complexity index is 746. The van der Waals surface area contributed by atoms with Crippen molar-refractivity contribution in [3.8, 4) is 0 Å². The first-order valence-electron chi connectivity index (χ1n) is 14.2. The molecule has 1 aliphatic heterocycles. The Kier molecular flexibility index (Phi) is 8.35. The molecule has 4 N–H and O–H groups in total. The highest BCUT2D eigenvalue weighted by Crippen LogP contribution is 2.33. The summed E-state index contributed by atoms with van der Waals surface area (Å²) in [5.74, 6) is 0.732. The van der Waals surface area contributed by atoms with E-state index in [1.807, 2.05) is 0 Å². The Labute approximate surface area is 201 Å². The van der Waals surface area contributed by atoms with Crippen LogP contribution in [0.15, 0.2) is 12.1 Å². The Balaban J connectivity index is 1.39. The van der Waals surface area contributed by atoms with Crippen molar-refractivity contribution in [2.24, 2.45) is 0 Å². The minimum absolute atomic E-state index is 0.502. The van der Waals surface area contributed by atoms with Gasteiger partial charge in [0.05, 0.1) is 11.4 Å². The highest BCUT2D eigenvalue weighted by molar-refractivity contribution is 5.26. The summed E-state index contributed by atoms with van der Waals surface area (Å²) < 4.78 is 0. The maximum atomic E-state index is 5.16. The topological polar surface area (TPSA) is 61.0 Å². The van der Waals surface area contributed by atoms with Crippen LogP contribution in [0.2, 0.25) is 0 Å². The molecule has 0 saturated heterocycles. The van der Waals surface area contributed by atoms with Gasteiger partial charge in [0.15, 0.2) is 0 Å². The van der Waals surface area contributed by atoms with Crippen LogP contribution < -0.4 is 21.3 Å². The number of hydrogen-bond acceptors (Lipinski definition) is 5. The number of fused-ring (bicyclic) bond motifs is 4. The van der Waals surface area contributed by atoms with Crippen LogP contribution in [0.1, 0.15) is 113 Å². The van der Waals surface area contributed by atoms with Crippen molar-refractivity contribution >= 4 is 0 Å². The summed E-state index contributed by atoms with van der Waals surface area (Å²) in [4.78, 5) is 5.16. The van der Waals surface area contributed by atoms with Crippen molar-refractivity contribution in [2.45, 2.75) is 140 Å². The van der Waals surface area contributed by atoms with Crippen molar-refractivity contribution in [3.63, 3.8) is 0 Å². The number of nitrogens with zero attached hydrogens (tertiary/aromatic N) is 1. The maximum Gasteiger partial charge on any atom is 0.0548 e. The van der Waals surface area contributed by atoms with E-state index in [0.29, 0.717) is 30.2 Å². The van der Waals surface area contributed by atoms with Gasteiger partial charge < -0.3 is 21.3 Å². The monoisotopic (exact) mass is 453 g/mol. The molecular weight excluding hydrogens is 406 g/mol. The highest BCUT2D eigenvalue weighted by Gasteiger charge is 2.28. The molecule has 1 unspecified atom stereocenters. The van der Waals surface area contributed by atoms with Crippen LogP contribution in [0.5, 0.6) is 0 Å². The number of rotatable bonds is 1. The number of pyridine rings is 1. The lowest BCUT2D eigenvalue weighted by molar-refractivity contribution is 0.246. The molecule has 5 rings (SSSR count). The van der Waals surface area contributed by atoms with Crippen LogP contribution in [-0.4, -0.2) is 41.7 Å². The number of hydrogen-bond donors (Lipinski definition) is 4. The van der Waals surface area contributed by atoms with Gasteiger partial charge in [0.1, 0.15) is 0 Å². The second-order valence-electron chi connectivity index (χ2n) is 11.5. The molecular formula is C28H47N5. The predicted molar refractivity (Wildman–Crippen MR) is 136 cm³/mol. The minimum Gasteiger partial charge on any atom is -0.311 e. The van der Waals surface area contributed by atoms with E-state index in [1.165, 1.54) is 94.9 Å². The second-order valence-corrected chi connectivity index (χ2v) is 11.5. The highest BCUT2D eigenvalue weighted by atomic mass is 15.1. The van der Waals surface area contributed by atoms with Gasteiger partial charge >= 0.3 is 0 Å². The van der Waals surface area contributed by atoms with E-state index in [2.05, 4.69) is 40.3 Å². The third kappa shape index (κ3) is 6.36. The Morgan fingerprint density at radius 2 is 1.15 bits per heavy atom. The van der Waals surface area contributed by atoms with Gasteiger partial charge in [-0.2, -0.15) is 0 Å². The quantitative estimate of drug-likeness (QED) is 0.504. The molecule has 1 aromatic rings. The van der Waals surface area contributed by atoms with E-state index < -0.39 is 0 Å². The van der Waals surface area contributed by atoms with Crippen molar-refractivity contribution in [1.82, 2.24) is 26.3 Å². The fourth-order valence-corrected chi connectivity index (χ4v) is 6.95. The van der Waals surface area contributed by atoms with Gasteiger partial charge in [0.25, 0.3) is 0 Å². The Morgan fingerprint density at radius 1 is 0.636 bits per heavy atom. The lowest BCUT2D eigenvalue weighted by Gasteiger charge is -2.37. The molecule has 3 fully saturated rings. The third-order valence-corrected chi connectivity index (χ3v) is 8.84. The zero-order valence-electron chi connectivity index (χ0n) is 20.9. The van der Waals surface area contributed by atoms with Gasteiger partial charge in [0, 0.05) is 49.8 Å². The van der Waals surface area contributed by atoms with E-state index in [-0.39, 0.29) is 0 Å². The third-order valence-electron chi connectivity index (χ3n) is 8.84. The van der Waals surface area contributed by atoms with Crippen LogP contribution in [-0.2, 0) is 13.1 Å². The zero-order chi connectivity index (χ0) is 22.5. The SMILES string of the molecule is C[C@@H]1CN[C@@H]2CCCC[C@H]2NCc2cc(C3CCCCC3)cc(n2)CN[C@@H]2CCCCC2N1. The molecule has 5 atom stereocenters. The molecule has 184 valence electrons. The van der Waals surface area contributed by atoms with Crippen LogP contribution in [0.25, 0.3) is 0 Å². The Hall–Kier alpha value is -1.01. The summed E-state index contributed by atoms with van der Waals surface area (Å²) in [6, 6.07) is 7.63. The minimum atomic E-state index is 0.502. The van der Waals surface area contributed by atoms with Gasteiger partial charge in [-0.1, -0.05) is 44.9 Å². The van der Waals surface area contributed by atoms with Gasteiger partial charge in [-0.3, -0.25) is 4.98 Å². The van der Waals surface area contributed by atoms with E-state index in [1.54, 1.807) is 5.56 Å². The largest absolute Gasteiger partial charge is 0.311 e. The van der Waals surface area contributed by atoms with Crippen molar-refractivity contribution in [2.75, 3.05) is 6.54 Å². The summed E-state index contributed by atoms with van der Waals surface area (Å²) in [6.07, 6.45) is 17.4. The van der Waals surface area contributed by atoms with Crippen LogP contribution >= 0.6 is 0 Å². The zero-order valence-corrected chi connectivity index (χ0v) is 20.9. The second kappa shape index (κ2) is 11.6. The van der Waals surface area contributed by atoms with Crippen LogP contribution in [0.3, 0.4) is 0 Å². The standard InChI is InChI=1S/C28H47N5/c1-20-17-29-25-11-5-6-12-26(25)30-18-23-15-22(21-9-3-2-4-10-21)16-24(33-23)19-31-27-13-7-8-14-28(27)32-20/h15-16,20-21,25-32H,2-14,17-19H2,1H3/t20-,25-,26-,27-,28?/m1/s1. The summed E-state index contributed by atoms with van der Waals surface area (Å²) in [5, 5.41) is 15.8. The number of aromatic nitrogens is 1. The molecule has 3 saturated carbocycles. The molecule has 5 nitrogen and oxygen atoms in total. The molecule has 1 aromatic heterocycles. The average Bonchev–Trinajstić information content (AvgIpc) is 2.86. The van der Waals surface area contributed by atoms with E-state index >= 15 is 0 Å². The van der Waals surface area contributed by atoms with Crippen molar-refractivity contribution in [3.05, 3.63) is 29.1 Å². The Morgan fingerprint density at radius 3 is 1.79 bits per heavy atom. The van der Waals surface area contributed by atoms with Gasteiger partial charge in [-0.05, 0) is 69.1 Å². The molecule has 2 heterocycles. The van der Waals surface area contributed by atoms with Crippen molar-refractivity contribution in [1.29, 1.82) is 0 Å². The van der Waals surface area contributed by atoms with Crippen LogP contribution in [0.4, 0.5) is 0 Å². The molecule has 0 radical (unpaired) electrons. The summed E-state index contributed by atoms with van der Waals surface area (Å²) >= 11 is 0. The average molecular weight is 454 g/mol. The fraction of sp³-hybridized carbons (Fsp3) is 0.821. The van der Waals surface area contributed by atoms with Crippen LogP contribution in [0, 0.1) is 0 Å². The fourth-order valence-electron chi connectivity index (χ4n) is 6.95. The van der Waals surface area contributed by atoms with E-state index in [4.69, 9.17) is 4.98 Å². The molecule has 33 heavy (non-hydrogen) atoms. The molecule has 3 aliphatic carbocycles. The predicted octanol–water partition coefficient (Wildman–Crippen LogP) is 4.51. The lowest BCUT2D eigenvalue weighted by atomic mass is 9.84. The van der Waals surface area contributed by atoms with Gasteiger partial charge in [-0.25, -0.2) is 0 Å². The lowest BCUT2D eigenvalue weighted by Crippen LogP contribution is -2.56. The molecule has 5 heteroatoms. The van der Waals surface area contributed by atoms with E-state index in [0.717, 1.165) is 25.6 Å². The maximum absolute atomic E-state index is 5.16.